The zero-order valence-electron chi connectivity index (χ0n) is 14.3. The van der Waals surface area contributed by atoms with E-state index in [1.807, 2.05) is 24.3 Å². The van der Waals surface area contributed by atoms with Gasteiger partial charge in [-0.25, -0.2) is 9.18 Å². The van der Waals surface area contributed by atoms with Crippen molar-refractivity contribution in [3.8, 4) is 11.5 Å². The molecule has 0 spiro atoms. The molecule has 5 nitrogen and oxygen atoms in total. The van der Waals surface area contributed by atoms with Gasteiger partial charge in [0.1, 0.15) is 17.3 Å². The van der Waals surface area contributed by atoms with Crippen LogP contribution in [0.2, 0.25) is 0 Å². The van der Waals surface area contributed by atoms with Gasteiger partial charge in [0, 0.05) is 13.1 Å². The Hall–Kier alpha value is -2.76. The van der Waals surface area contributed by atoms with Crippen LogP contribution in [0.4, 0.5) is 9.18 Å². The molecule has 0 fully saturated rings. The zero-order valence-corrected chi connectivity index (χ0v) is 14.3. The molecule has 6 heteroatoms. The van der Waals surface area contributed by atoms with Gasteiger partial charge < -0.3 is 20.1 Å². The molecule has 0 saturated carbocycles. The fourth-order valence-corrected chi connectivity index (χ4v) is 2.18. The first-order valence-corrected chi connectivity index (χ1v) is 8.20. The lowest BCUT2D eigenvalue weighted by molar-refractivity contribution is 0.239. The number of halogens is 1. The Labute approximate surface area is 147 Å². The normalized spacial score (nSPS) is 10.2. The molecule has 0 heterocycles. The van der Waals surface area contributed by atoms with E-state index >= 15 is 0 Å². The third-order valence-electron chi connectivity index (χ3n) is 3.53. The number of amides is 2. The van der Waals surface area contributed by atoms with E-state index in [9.17, 15) is 9.18 Å². The molecule has 25 heavy (non-hydrogen) atoms. The fourth-order valence-electron chi connectivity index (χ4n) is 2.18. The first-order chi connectivity index (χ1) is 12.2. The van der Waals surface area contributed by atoms with Gasteiger partial charge in [0.2, 0.25) is 0 Å². The summed E-state index contributed by atoms with van der Waals surface area (Å²) in [6, 6.07) is 13.3. The standard InChI is InChI=1S/C19H23FN2O3/c1-24-18-6-4-5-15(13-18)14-22-19(23)21-11-2-3-12-25-17-9-7-16(20)8-10-17/h4-10,13H,2-3,11-12,14H2,1H3,(H2,21,22,23). The summed E-state index contributed by atoms with van der Waals surface area (Å²) < 4.78 is 23.4. The molecule has 2 rings (SSSR count). The summed E-state index contributed by atoms with van der Waals surface area (Å²) in [7, 11) is 1.61. The van der Waals surface area contributed by atoms with E-state index in [-0.39, 0.29) is 11.8 Å². The number of methoxy groups -OCH3 is 1. The van der Waals surface area contributed by atoms with Crippen LogP contribution in [0.1, 0.15) is 18.4 Å². The molecule has 0 atom stereocenters. The Morgan fingerprint density at radius 3 is 2.60 bits per heavy atom. The van der Waals surface area contributed by atoms with Crippen molar-refractivity contribution in [3.05, 3.63) is 59.9 Å². The van der Waals surface area contributed by atoms with Gasteiger partial charge in [-0.1, -0.05) is 12.1 Å². The highest BCUT2D eigenvalue weighted by Gasteiger charge is 2.01. The lowest BCUT2D eigenvalue weighted by atomic mass is 10.2. The minimum absolute atomic E-state index is 0.206. The third kappa shape index (κ3) is 7.12. The average Bonchev–Trinajstić information content (AvgIpc) is 2.64. The van der Waals surface area contributed by atoms with Crippen molar-refractivity contribution in [2.45, 2.75) is 19.4 Å². The van der Waals surface area contributed by atoms with Gasteiger partial charge >= 0.3 is 6.03 Å². The molecule has 0 saturated heterocycles. The molecular weight excluding hydrogens is 323 g/mol. The largest absolute Gasteiger partial charge is 0.497 e. The van der Waals surface area contributed by atoms with Crippen LogP contribution in [0.25, 0.3) is 0 Å². The predicted octanol–water partition coefficient (Wildman–Crippen LogP) is 3.49. The van der Waals surface area contributed by atoms with Crippen LogP contribution < -0.4 is 20.1 Å². The number of urea groups is 1. The van der Waals surface area contributed by atoms with Crippen molar-refractivity contribution in [3.63, 3.8) is 0 Å². The van der Waals surface area contributed by atoms with Gasteiger partial charge in [-0.05, 0) is 54.8 Å². The van der Waals surface area contributed by atoms with Crippen molar-refractivity contribution >= 4 is 6.03 Å². The van der Waals surface area contributed by atoms with Crippen LogP contribution in [-0.4, -0.2) is 26.3 Å². The number of carbonyl (C=O) groups is 1. The van der Waals surface area contributed by atoms with Gasteiger partial charge in [0.15, 0.2) is 0 Å². The van der Waals surface area contributed by atoms with E-state index in [1.165, 1.54) is 12.1 Å². The molecule has 0 aliphatic heterocycles. The Bertz CT molecular complexity index is 662. The number of hydrogen-bond acceptors (Lipinski definition) is 3. The quantitative estimate of drug-likeness (QED) is 0.683. The monoisotopic (exact) mass is 346 g/mol. The number of nitrogens with one attached hydrogen (secondary N) is 2. The molecule has 0 bridgehead atoms. The lowest BCUT2D eigenvalue weighted by Gasteiger charge is -2.09. The number of hydrogen-bond donors (Lipinski definition) is 2. The van der Waals surface area contributed by atoms with Gasteiger partial charge in [-0.3, -0.25) is 0 Å². The molecule has 2 amide bonds. The van der Waals surface area contributed by atoms with Crippen LogP contribution in [-0.2, 0) is 6.54 Å². The molecular formula is C19H23FN2O3. The summed E-state index contributed by atoms with van der Waals surface area (Å²) >= 11 is 0. The minimum Gasteiger partial charge on any atom is -0.497 e. The summed E-state index contributed by atoms with van der Waals surface area (Å²) in [5, 5.41) is 5.60. The first-order valence-electron chi connectivity index (χ1n) is 8.20. The maximum atomic E-state index is 12.8. The number of carbonyl (C=O) groups excluding carboxylic acids is 1. The second-order valence-electron chi connectivity index (χ2n) is 5.47. The number of unbranched alkanes of at least 4 members (excludes halogenated alkanes) is 1. The lowest BCUT2D eigenvalue weighted by Crippen LogP contribution is -2.35. The SMILES string of the molecule is COc1cccc(CNC(=O)NCCCCOc2ccc(F)cc2)c1. The van der Waals surface area contributed by atoms with Crippen molar-refractivity contribution in [2.75, 3.05) is 20.3 Å². The third-order valence-corrected chi connectivity index (χ3v) is 3.53. The summed E-state index contributed by atoms with van der Waals surface area (Å²) in [6.07, 6.45) is 1.60. The van der Waals surface area contributed by atoms with E-state index in [4.69, 9.17) is 9.47 Å². The molecule has 2 aromatic rings. The minimum atomic E-state index is -0.281. The maximum Gasteiger partial charge on any atom is 0.315 e. The Balaban J connectivity index is 1.54. The highest BCUT2D eigenvalue weighted by Crippen LogP contribution is 2.12. The van der Waals surface area contributed by atoms with E-state index in [1.54, 1.807) is 19.2 Å². The van der Waals surface area contributed by atoms with E-state index in [0.29, 0.717) is 25.4 Å². The highest BCUT2D eigenvalue weighted by molar-refractivity contribution is 5.73. The van der Waals surface area contributed by atoms with Crippen molar-refractivity contribution in [1.29, 1.82) is 0 Å². The van der Waals surface area contributed by atoms with Crippen molar-refractivity contribution < 1.29 is 18.7 Å². The van der Waals surface area contributed by atoms with Crippen LogP contribution >= 0.6 is 0 Å². The van der Waals surface area contributed by atoms with Crippen molar-refractivity contribution in [1.82, 2.24) is 10.6 Å². The predicted molar refractivity (Wildman–Crippen MR) is 94.4 cm³/mol. The first kappa shape index (κ1) is 18.6. The second-order valence-corrected chi connectivity index (χ2v) is 5.47. The van der Waals surface area contributed by atoms with Crippen LogP contribution in [0.3, 0.4) is 0 Å². The van der Waals surface area contributed by atoms with Gasteiger partial charge in [0.05, 0.1) is 13.7 Å². The van der Waals surface area contributed by atoms with E-state index in [2.05, 4.69) is 10.6 Å². The topological polar surface area (TPSA) is 59.6 Å². The smallest absolute Gasteiger partial charge is 0.315 e. The van der Waals surface area contributed by atoms with Crippen LogP contribution in [0, 0.1) is 5.82 Å². The van der Waals surface area contributed by atoms with Gasteiger partial charge in [0.25, 0.3) is 0 Å². The molecule has 0 aliphatic carbocycles. The molecule has 0 unspecified atom stereocenters. The van der Waals surface area contributed by atoms with E-state index in [0.717, 1.165) is 24.2 Å². The molecule has 2 aromatic carbocycles. The summed E-state index contributed by atoms with van der Waals surface area (Å²) in [6.45, 7) is 1.53. The Morgan fingerprint density at radius 2 is 1.84 bits per heavy atom. The Kier molecular flexibility index (Phi) is 7.56. The van der Waals surface area contributed by atoms with Crippen molar-refractivity contribution in [2.24, 2.45) is 0 Å². The van der Waals surface area contributed by atoms with Crippen LogP contribution in [0.5, 0.6) is 11.5 Å². The van der Waals surface area contributed by atoms with Crippen LogP contribution in [0.15, 0.2) is 48.5 Å². The fraction of sp³-hybridized carbons (Fsp3) is 0.316. The molecule has 0 aromatic heterocycles. The van der Waals surface area contributed by atoms with Gasteiger partial charge in [-0.2, -0.15) is 0 Å². The average molecular weight is 346 g/mol. The second kappa shape index (κ2) is 10.2. The number of rotatable bonds is 9. The zero-order chi connectivity index (χ0) is 17.9. The number of ether oxygens (including phenoxy) is 2. The molecule has 2 N–H and O–H groups in total. The molecule has 134 valence electrons. The summed E-state index contributed by atoms with van der Waals surface area (Å²) in [4.78, 5) is 11.7. The Morgan fingerprint density at radius 1 is 1.04 bits per heavy atom. The molecule has 0 radical (unpaired) electrons. The van der Waals surface area contributed by atoms with E-state index < -0.39 is 0 Å². The van der Waals surface area contributed by atoms with Gasteiger partial charge in [-0.15, -0.1) is 0 Å². The molecule has 0 aliphatic rings. The number of benzene rings is 2. The summed E-state index contributed by atoms with van der Waals surface area (Å²) in [5.74, 6) is 1.13. The summed E-state index contributed by atoms with van der Waals surface area (Å²) in [5.41, 5.74) is 0.974. The maximum absolute atomic E-state index is 12.8. The highest BCUT2D eigenvalue weighted by atomic mass is 19.1.